The summed E-state index contributed by atoms with van der Waals surface area (Å²) in [6.07, 6.45) is 0.490. The lowest BCUT2D eigenvalue weighted by atomic mass is 9.93. The lowest BCUT2D eigenvalue weighted by molar-refractivity contribution is -0.142. The lowest BCUT2D eigenvalue weighted by Gasteiger charge is -2.14. The molecule has 0 heterocycles. The first-order chi connectivity index (χ1) is 3.95. The third-order valence-electron chi connectivity index (χ3n) is 0.902. The zero-order chi connectivity index (χ0) is 7.49. The van der Waals surface area contributed by atoms with E-state index in [1.807, 2.05) is 20.8 Å². The van der Waals surface area contributed by atoms with Gasteiger partial charge >= 0.3 is 5.97 Å². The number of hydrogen-bond acceptors (Lipinski definition) is 2. The van der Waals surface area contributed by atoms with Gasteiger partial charge in [0.25, 0.3) is 0 Å². The van der Waals surface area contributed by atoms with E-state index >= 15 is 0 Å². The van der Waals surface area contributed by atoms with E-state index in [0.717, 1.165) is 0 Å². The minimum Gasteiger partial charge on any atom is -0.469 e. The first-order valence-corrected chi connectivity index (χ1v) is 3.02. The number of methoxy groups -OCH3 is 1. The fraction of sp³-hybridized carbons (Fsp3) is 0.857. The second-order valence-electron chi connectivity index (χ2n) is 3.31. The molecule has 0 saturated carbocycles. The molecular formula is C7H15ClO2. The van der Waals surface area contributed by atoms with E-state index in [2.05, 4.69) is 4.74 Å². The largest absolute Gasteiger partial charge is 0.469 e. The summed E-state index contributed by atoms with van der Waals surface area (Å²) in [6.45, 7) is 6.01. The maximum atomic E-state index is 10.6. The first-order valence-electron chi connectivity index (χ1n) is 3.02. The van der Waals surface area contributed by atoms with Gasteiger partial charge in [-0.25, -0.2) is 0 Å². The molecule has 0 aliphatic heterocycles. The maximum absolute atomic E-state index is 10.6. The van der Waals surface area contributed by atoms with Crippen LogP contribution in [0.5, 0.6) is 0 Å². The Labute approximate surface area is 68.4 Å². The molecule has 0 fully saturated rings. The van der Waals surface area contributed by atoms with Crippen LogP contribution in [0.3, 0.4) is 0 Å². The predicted octanol–water partition coefficient (Wildman–Crippen LogP) is 2.02. The van der Waals surface area contributed by atoms with Crippen molar-refractivity contribution < 1.29 is 9.53 Å². The van der Waals surface area contributed by atoms with Gasteiger partial charge in [-0.05, 0) is 5.41 Å². The molecule has 0 aliphatic rings. The van der Waals surface area contributed by atoms with Crippen molar-refractivity contribution in [3.63, 3.8) is 0 Å². The molecule has 0 N–H and O–H groups in total. The highest BCUT2D eigenvalue weighted by atomic mass is 35.5. The van der Waals surface area contributed by atoms with Crippen molar-refractivity contribution in [1.29, 1.82) is 0 Å². The molecule has 0 atom stereocenters. The molecular weight excluding hydrogens is 152 g/mol. The van der Waals surface area contributed by atoms with Crippen LogP contribution in [0, 0.1) is 5.41 Å². The summed E-state index contributed by atoms with van der Waals surface area (Å²) in [4.78, 5) is 10.6. The van der Waals surface area contributed by atoms with E-state index in [-0.39, 0.29) is 23.8 Å². The Kier molecular flexibility index (Phi) is 5.67. The Morgan fingerprint density at radius 3 is 1.90 bits per heavy atom. The van der Waals surface area contributed by atoms with E-state index in [4.69, 9.17) is 0 Å². The molecule has 0 amide bonds. The van der Waals surface area contributed by atoms with Crippen LogP contribution in [-0.4, -0.2) is 13.1 Å². The van der Waals surface area contributed by atoms with Crippen LogP contribution in [0.15, 0.2) is 0 Å². The van der Waals surface area contributed by atoms with Crippen LogP contribution in [0.1, 0.15) is 27.2 Å². The van der Waals surface area contributed by atoms with E-state index in [9.17, 15) is 4.79 Å². The average molecular weight is 167 g/mol. The van der Waals surface area contributed by atoms with Gasteiger partial charge in [0.1, 0.15) is 0 Å². The second kappa shape index (κ2) is 4.56. The minimum atomic E-state index is -0.137. The number of halogens is 1. The quantitative estimate of drug-likeness (QED) is 0.558. The topological polar surface area (TPSA) is 26.3 Å². The summed E-state index contributed by atoms with van der Waals surface area (Å²) in [5.41, 5.74) is 0.0487. The monoisotopic (exact) mass is 166 g/mol. The highest BCUT2D eigenvalue weighted by molar-refractivity contribution is 5.85. The zero-order valence-electron chi connectivity index (χ0n) is 6.93. The van der Waals surface area contributed by atoms with Crippen LogP contribution in [0.2, 0.25) is 0 Å². The highest BCUT2D eigenvalue weighted by Gasteiger charge is 2.15. The summed E-state index contributed by atoms with van der Waals surface area (Å²) >= 11 is 0. The van der Waals surface area contributed by atoms with Crippen LogP contribution in [-0.2, 0) is 9.53 Å². The number of esters is 1. The molecule has 0 rings (SSSR count). The number of ether oxygens (including phenoxy) is 1. The number of rotatable bonds is 1. The highest BCUT2D eigenvalue weighted by Crippen LogP contribution is 2.18. The van der Waals surface area contributed by atoms with Gasteiger partial charge in [0.2, 0.25) is 0 Å². The van der Waals surface area contributed by atoms with Crippen molar-refractivity contribution in [1.82, 2.24) is 0 Å². The van der Waals surface area contributed by atoms with Crippen molar-refractivity contribution in [3.8, 4) is 0 Å². The Balaban J connectivity index is 0. The maximum Gasteiger partial charge on any atom is 0.306 e. The summed E-state index contributed by atoms with van der Waals surface area (Å²) < 4.78 is 4.49. The molecule has 0 aromatic rings. The summed E-state index contributed by atoms with van der Waals surface area (Å²) in [7, 11) is 1.41. The standard InChI is InChI=1S/C7H14O2.ClH/c1-7(2,3)5-6(8)9-4;/h5H2,1-4H3;1H. The van der Waals surface area contributed by atoms with Crippen LogP contribution < -0.4 is 0 Å². The Bertz CT molecular complexity index is 105. The molecule has 0 bridgehead atoms. The van der Waals surface area contributed by atoms with Gasteiger partial charge in [0, 0.05) is 0 Å². The van der Waals surface area contributed by atoms with Crippen molar-refractivity contribution >= 4 is 18.4 Å². The summed E-state index contributed by atoms with van der Waals surface area (Å²) in [5, 5.41) is 0. The van der Waals surface area contributed by atoms with Crippen molar-refractivity contribution in [2.75, 3.05) is 7.11 Å². The summed E-state index contributed by atoms with van der Waals surface area (Å²) in [5.74, 6) is -0.137. The number of hydrogen-bond donors (Lipinski definition) is 0. The van der Waals surface area contributed by atoms with E-state index in [1.165, 1.54) is 7.11 Å². The molecule has 0 spiro atoms. The minimum absolute atomic E-state index is 0. The zero-order valence-corrected chi connectivity index (χ0v) is 7.75. The third-order valence-corrected chi connectivity index (χ3v) is 0.902. The lowest BCUT2D eigenvalue weighted by Crippen LogP contribution is -2.13. The smallest absolute Gasteiger partial charge is 0.306 e. The normalized spacial score (nSPS) is 10.0. The SMILES string of the molecule is COC(=O)CC(C)(C)C.Cl. The Hall–Kier alpha value is -0.240. The van der Waals surface area contributed by atoms with E-state index in [1.54, 1.807) is 0 Å². The summed E-state index contributed by atoms with van der Waals surface area (Å²) in [6, 6.07) is 0. The molecule has 0 aromatic heterocycles. The van der Waals surface area contributed by atoms with Crippen LogP contribution in [0.4, 0.5) is 0 Å². The van der Waals surface area contributed by atoms with Crippen molar-refractivity contribution in [3.05, 3.63) is 0 Å². The molecule has 0 unspecified atom stereocenters. The van der Waals surface area contributed by atoms with Gasteiger partial charge in [0.05, 0.1) is 13.5 Å². The fourth-order valence-electron chi connectivity index (χ4n) is 0.505. The molecule has 62 valence electrons. The molecule has 10 heavy (non-hydrogen) atoms. The van der Waals surface area contributed by atoms with E-state index < -0.39 is 0 Å². The van der Waals surface area contributed by atoms with E-state index in [0.29, 0.717) is 6.42 Å². The van der Waals surface area contributed by atoms with Crippen molar-refractivity contribution in [2.24, 2.45) is 5.41 Å². The molecule has 0 aliphatic carbocycles. The molecule has 0 aromatic carbocycles. The molecule has 0 radical (unpaired) electrons. The van der Waals surface area contributed by atoms with Gasteiger partial charge in [-0.1, -0.05) is 20.8 Å². The fourth-order valence-corrected chi connectivity index (χ4v) is 0.505. The number of carbonyl (C=O) groups excluding carboxylic acids is 1. The first kappa shape index (κ1) is 12.4. The molecule has 0 saturated heterocycles. The molecule has 3 heteroatoms. The Morgan fingerprint density at radius 1 is 1.40 bits per heavy atom. The van der Waals surface area contributed by atoms with Gasteiger partial charge in [-0.2, -0.15) is 0 Å². The number of carbonyl (C=O) groups is 1. The Morgan fingerprint density at radius 2 is 1.80 bits per heavy atom. The van der Waals surface area contributed by atoms with Gasteiger partial charge in [0.15, 0.2) is 0 Å². The second-order valence-corrected chi connectivity index (χ2v) is 3.31. The van der Waals surface area contributed by atoms with Crippen LogP contribution in [0.25, 0.3) is 0 Å². The molecule has 2 nitrogen and oxygen atoms in total. The van der Waals surface area contributed by atoms with Crippen molar-refractivity contribution in [2.45, 2.75) is 27.2 Å². The third kappa shape index (κ3) is 7.76. The van der Waals surface area contributed by atoms with Gasteiger partial charge < -0.3 is 4.74 Å². The van der Waals surface area contributed by atoms with Crippen LogP contribution >= 0.6 is 12.4 Å². The van der Waals surface area contributed by atoms with Gasteiger partial charge in [-0.15, -0.1) is 12.4 Å². The predicted molar refractivity (Wildman–Crippen MR) is 43.3 cm³/mol. The van der Waals surface area contributed by atoms with Gasteiger partial charge in [-0.3, -0.25) is 4.79 Å². The average Bonchev–Trinajstić information content (AvgIpc) is 1.62.